The summed E-state index contributed by atoms with van der Waals surface area (Å²) in [6.45, 7) is 1.60. The maximum atomic E-state index is 13.4. The Morgan fingerprint density at radius 1 is 0.969 bits per heavy atom. The molecule has 0 aliphatic heterocycles. The van der Waals surface area contributed by atoms with Crippen LogP contribution in [0, 0.1) is 6.92 Å². The van der Waals surface area contributed by atoms with Crippen LogP contribution in [0.1, 0.15) is 29.8 Å². The number of nitrogens with two attached hydrogens (primary N) is 1. The Hall–Kier alpha value is -3.89. The number of anilines is 1. The van der Waals surface area contributed by atoms with Crippen LogP contribution in [0.5, 0.6) is 0 Å². The van der Waals surface area contributed by atoms with Crippen molar-refractivity contribution in [3.8, 4) is 17.1 Å². The Morgan fingerprint density at radius 3 is 2.34 bits per heavy atom. The monoisotopic (exact) mass is 445 g/mol. The molecule has 3 aromatic heterocycles. The van der Waals surface area contributed by atoms with E-state index in [1.807, 2.05) is 0 Å². The highest BCUT2D eigenvalue weighted by Gasteiger charge is 2.17. The molecule has 3 N–H and O–H groups in total. The first-order chi connectivity index (χ1) is 15.2. The van der Waals surface area contributed by atoms with Crippen LogP contribution in [0.4, 0.5) is 23.4 Å². The van der Waals surface area contributed by atoms with Gasteiger partial charge < -0.3 is 10.7 Å². The number of aromatic nitrogens is 6. The molecule has 0 amide bonds. The van der Waals surface area contributed by atoms with Gasteiger partial charge in [-0.05, 0) is 19.1 Å². The van der Waals surface area contributed by atoms with E-state index in [9.17, 15) is 17.6 Å². The molecule has 0 aliphatic rings. The second-order valence-corrected chi connectivity index (χ2v) is 7.11. The number of H-pyrrole nitrogens is 1. The van der Waals surface area contributed by atoms with Crippen LogP contribution >= 0.6 is 0 Å². The van der Waals surface area contributed by atoms with Crippen LogP contribution in [0.2, 0.25) is 0 Å². The molecule has 1 aromatic carbocycles. The highest BCUT2D eigenvalue weighted by molar-refractivity contribution is 5.91. The third-order valence-electron chi connectivity index (χ3n) is 4.81. The van der Waals surface area contributed by atoms with Crippen molar-refractivity contribution in [1.82, 2.24) is 29.5 Å². The normalized spacial score (nSPS) is 11.5. The molecular formula is C21H19F4N7. The summed E-state index contributed by atoms with van der Waals surface area (Å²) in [5.74, 6) is 0.201. The number of aryl methyl sites for hydroxylation is 2. The van der Waals surface area contributed by atoms with Crippen LogP contribution in [0.3, 0.4) is 0 Å². The molecule has 32 heavy (non-hydrogen) atoms. The summed E-state index contributed by atoms with van der Waals surface area (Å²) in [4.78, 5) is 7.22. The van der Waals surface area contributed by atoms with Gasteiger partial charge in [-0.3, -0.25) is 4.68 Å². The fourth-order valence-electron chi connectivity index (χ4n) is 3.43. The quantitative estimate of drug-likeness (QED) is 0.431. The van der Waals surface area contributed by atoms with E-state index in [1.165, 1.54) is 30.5 Å². The van der Waals surface area contributed by atoms with Gasteiger partial charge in [-0.1, -0.05) is 24.3 Å². The molecule has 0 spiro atoms. The predicted molar refractivity (Wildman–Crippen MR) is 112 cm³/mol. The topological polar surface area (TPSA) is 90.3 Å². The van der Waals surface area contributed by atoms with Gasteiger partial charge >= 0.3 is 0 Å². The molecule has 0 bridgehead atoms. The van der Waals surface area contributed by atoms with Gasteiger partial charge in [0, 0.05) is 35.8 Å². The van der Waals surface area contributed by atoms with Gasteiger partial charge in [0.2, 0.25) is 0 Å². The summed E-state index contributed by atoms with van der Waals surface area (Å²) in [7, 11) is 1.71. The summed E-state index contributed by atoms with van der Waals surface area (Å²) >= 11 is 0. The van der Waals surface area contributed by atoms with Crippen LogP contribution in [-0.4, -0.2) is 29.5 Å². The van der Waals surface area contributed by atoms with E-state index in [-0.39, 0.29) is 22.9 Å². The Balaban J connectivity index is 1.90. The maximum Gasteiger partial charge on any atom is 0.280 e. The van der Waals surface area contributed by atoms with Crippen molar-refractivity contribution in [1.29, 1.82) is 0 Å². The summed E-state index contributed by atoms with van der Waals surface area (Å²) in [5.41, 5.74) is 7.78. The van der Waals surface area contributed by atoms with Crippen LogP contribution in [0.25, 0.3) is 28.1 Å². The number of nitrogens with one attached hydrogen (secondary N) is 1. The van der Waals surface area contributed by atoms with Crippen molar-refractivity contribution in [2.75, 3.05) is 5.73 Å². The maximum absolute atomic E-state index is 13.4. The number of rotatable bonds is 4. The number of benzene rings is 1. The summed E-state index contributed by atoms with van der Waals surface area (Å²) < 4.78 is 55.3. The Kier molecular flexibility index (Phi) is 5.56. The van der Waals surface area contributed by atoms with Crippen molar-refractivity contribution in [2.24, 2.45) is 7.05 Å². The van der Waals surface area contributed by atoms with Crippen LogP contribution in [-0.2, 0) is 7.05 Å². The fraction of sp³-hybridized carbons (Fsp3) is 0.190. The average molecular weight is 445 g/mol. The summed E-state index contributed by atoms with van der Waals surface area (Å²) in [6.07, 6.45) is -3.89. The SMILES string of the molecule is Cc1cc(C(F)F)n(-c2cc(N)[nH]c3nn(C)c(-c4ccc(C(F)F)cc4)c3ccn2)n1. The molecule has 0 fully saturated rings. The zero-order valence-corrected chi connectivity index (χ0v) is 17.1. The zero-order valence-electron chi connectivity index (χ0n) is 17.1. The Labute approximate surface area is 179 Å². The Bertz CT molecular complexity index is 1320. The third-order valence-corrected chi connectivity index (χ3v) is 4.81. The zero-order chi connectivity index (χ0) is 23.0. The molecule has 0 atom stereocenters. The summed E-state index contributed by atoms with van der Waals surface area (Å²) in [6, 6.07) is 10.1. The minimum absolute atomic E-state index is 0.0879. The third kappa shape index (κ3) is 4.01. The van der Waals surface area contributed by atoms with Gasteiger partial charge in [-0.2, -0.15) is 10.2 Å². The van der Waals surface area contributed by atoms with Crippen molar-refractivity contribution < 1.29 is 17.6 Å². The molecule has 4 aromatic rings. The smallest absolute Gasteiger partial charge is 0.280 e. The first-order valence-electron chi connectivity index (χ1n) is 9.53. The molecule has 0 saturated heterocycles. The molecule has 166 valence electrons. The molecule has 0 unspecified atom stereocenters. The molecule has 7 nitrogen and oxygen atoms in total. The average Bonchev–Trinajstić information content (AvgIpc) is 3.28. The van der Waals surface area contributed by atoms with Gasteiger partial charge in [0.1, 0.15) is 11.5 Å². The molecule has 0 saturated carbocycles. The largest absolute Gasteiger partial charge is 0.385 e. The molecule has 11 heteroatoms. The highest BCUT2D eigenvalue weighted by Crippen LogP contribution is 2.29. The van der Waals surface area contributed by atoms with E-state index < -0.39 is 12.9 Å². The lowest BCUT2D eigenvalue weighted by atomic mass is 10.1. The van der Waals surface area contributed by atoms with Crippen LogP contribution in [0.15, 0.2) is 48.7 Å². The number of alkyl halides is 4. The van der Waals surface area contributed by atoms with Crippen molar-refractivity contribution in [3.63, 3.8) is 0 Å². The number of nitrogen functional groups attached to an aromatic ring is 1. The number of hydrogen-bond acceptors (Lipinski definition) is 4. The second-order valence-electron chi connectivity index (χ2n) is 7.11. The lowest BCUT2D eigenvalue weighted by molar-refractivity contribution is 0.142. The first-order valence-corrected chi connectivity index (χ1v) is 9.53. The minimum atomic E-state index is -2.75. The first kappa shape index (κ1) is 21.3. The van der Waals surface area contributed by atoms with Crippen molar-refractivity contribution in [2.45, 2.75) is 19.8 Å². The Morgan fingerprint density at radius 2 is 1.69 bits per heavy atom. The highest BCUT2D eigenvalue weighted by atomic mass is 19.3. The van der Waals surface area contributed by atoms with E-state index in [2.05, 4.69) is 20.2 Å². The lowest BCUT2D eigenvalue weighted by Crippen LogP contribution is -2.04. The van der Waals surface area contributed by atoms with Gasteiger partial charge in [0.15, 0.2) is 11.5 Å². The van der Waals surface area contributed by atoms with Gasteiger partial charge in [0.05, 0.1) is 11.4 Å². The number of nitrogens with zero attached hydrogens (tertiary/aromatic N) is 5. The van der Waals surface area contributed by atoms with E-state index in [0.717, 1.165) is 4.68 Å². The van der Waals surface area contributed by atoms with Crippen molar-refractivity contribution in [3.05, 3.63) is 65.6 Å². The fourth-order valence-corrected chi connectivity index (χ4v) is 3.43. The van der Waals surface area contributed by atoms with E-state index in [4.69, 9.17) is 5.73 Å². The predicted octanol–water partition coefficient (Wildman–Crippen LogP) is 5.04. The second kappa shape index (κ2) is 8.33. The van der Waals surface area contributed by atoms with E-state index in [1.54, 1.807) is 36.9 Å². The number of hydrogen-bond donors (Lipinski definition) is 2. The molecule has 0 radical (unpaired) electrons. The van der Waals surface area contributed by atoms with E-state index in [0.29, 0.717) is 28.0 Å². The minimum Gasteiger partial charge on any atom is -0.385 e. The van der Waals surface area contributed by atoms with Crippen molar-refractivity contribution >= 4 is 16.9 Å². The number of aromatic amines is 1. The van der Waals surface area contributed by atoms with E-state index >= 15 is 0 Å². The molecule has 3 heterocycles. The molecular weight excluding hydrogens is 426 g/mol. The molecule has 0 aliphatic carbocycles. The van der Waals surface area contributed by atoms with Gasteiger partial charge in [0.25, 0.3) is 12.9 Å². The molecule has 4 rings (SSSR count). The number of halogens is 4. The van der Waals surface area contributed by atoms with Crippen LogP contribution < -0.4 is 5.73 Å². The standard InChI is InChI=1S/C21H19F4N7/c1-11-9-15(20(24)25)32(29-11)17-10-16(26)28-21-14(7-8-27-17)18(31(2)30-21)12-3-5-13(6-4-12)19(22)23/h3-10,19-20H,26H2,1-2H3,(H,28,30). The van der Waals surface area contributed by atoms with Gasteiger partial charge in [-0.25, -0.2) is 27.2 Å². The van der Waals surface area contributed by atoms with Gasteiger partial charge in [-0.15, -0.1) is 0 Å². The number of fused-ring (bicyclic) bond motifs is 1. The lowest BCUT2D eigenvalue weighted by Gasteiger charge is -2.05. The summed E-state index contributed by atoms with van der Waals surface area (Å²) in [5, 5.41) is 9.11.